The molecule has 0 aliphatic rings. The Bertz CT molecular complexity index is 1570. The number of pyridine rings is 1. The molecule has 0 saturated heterocycles. The van der Waals surface area contributed by atoms with Crippen molar-refractivity contribution in [3.63, 3.8) is 0 Å². The van der Waals surface area contributed by atoms with E-state index in [1.54, 1.807) is 42.6 Å². The predicted molar refractivity (Wildman–Crippen MR) is 164 cm³/mol. The van der Waals surface area contributed by atoms with E-state index >= 15 is 0 Å². The standard InChI is InChI=1S/C28H28ClN3O6S.2ClH/c1-39(36,37)32-28(35)20-7-10-24-25(15-20)30-12-11-27(24)38-23-8-5-18(6-9-23)13-22(17-33)31-16-26(34)19-3-2-4-21(29)14-19;;/h2-12,14-15,22,26,31,33-34H,13,16-17H2,1H3,(H,32,35);2*1H/t22-,26-;;/m0../s1. The van der Waals surface area contributed by atoms with Crippen molar-refractivity contribution in [1.29, 1.82) is 0 Å². The van der Waals surface area contributed by atoms with E-state index in [1.165, 1.54) is 12.1 Å². The van der Waals surface area contributed by atoms with Gasteiger partial charge in [0.15, 0.2) is 0 Å². The summed E-state index contributed by atoms with van der Waals surface area (Å²) >= 11 is 6.00. The van der Waals surface area contributed by atoms with Crippen LogP contribution in [-0.2, 0) is 16.4 Å². The summed E-state index contributed by atoms with van der Waals surface area (Å²) in [6.45, 7) is 0.160. The molecule has 220 valence electrons. The molecule has 0 aliphatic carbocycles. The molecule has 4 aromatic rings. The molecule has 9 nitrogen and oxygen atoms in total. The van der Waals surface area contributed by atoms with Gasteiger partial charge in [0.2, 0.25) is 10.0 Å². The molecule has 2 atom stereocenters. The van der Waals surface area contributed by atoms with Crippen LogP contribution in [0.4, 0.5) is 0 Å². The largest absolute Gasteiger partial charge is 0.457 e. The van der Waals surface area contributed by atoms with Gasteiger partial charge in [-0.05, 0) is 66.1 Å². The first-order valence-corrected chi connectivity index (χ1v) is 14.3. The molecule has 0 spiro atoms. The summed E-state index contributed by atoms with van der Waals surface area (Å²) < 4.78 is 30.7. The zero-order valence-corrected chi connectivity index (χ0v) is 25.1. The average molecular weight is 643 g/mol. The summed E-state index contributed by atoms with van der Waals surface area (Å²) in [5.41, 5.74) is 2.30. The van der Waals surface area contributed by atoms with Crippen molar-refractivity contribution in [2.75, 3.05) is 19.4 Å². The highest BCUT2D eigenvalue weighted by molar-refractivity contribution is 7.89. The summed E-state index contributed by atoms with van der Waals surface area (Å²) in [4.78, 5) is 16.4. The van der Waals surface area contributed by atoms with Crippen molar-refractivity contribution in [3.05, 3.63) is 101 Å². The number of rotatable bonds is 11. The second-order valence-electron chi connectivity index (χ2n) is 9.05. The minimum absolute atomic E-state index is 0. The van der Waals surface area contributed by atoms with Gasteiger partial charge >= 0.3 is 0 Å². The van der Waals surface area contributed by atoms with Crippen molar-refractivity contribution in [1.82, 2.24) is 15.0 Å². The van der Waals surface area contributed by atoms with E-state index in [1.807, 2.05) is 29.0 Å². The zero-order chi connectivity index (χ0) is 28.0. The molecular formula is C28H30Cl3N3O6S. The number of aliphatic hydroxyl groups is 2. The lowest BCUT2D eigenvalue weighted by atomic mass is 10.0. The number of sulfonamides is 1. The Morgan fingerprint density at radius 1 is 1.05 bits per heavy atom. The monoisotopic (exact) mass is 641 g/mol. The van der Waals surface area contributed by atoms with Crippen LogP contribution in [0, 0.1) is 0 Å². The van der Waals surface area contributed by atoms with E-state index < -0.39 is 22.0 Å². The molecule has 0 aliphatic heterocycles. The molecule has 1 heterocycles. The van der Waals surface area contributed by atoms with Crippen LogP contribution in [0.5, 0.6) is 11.5 Å². The Kier molecular flexibility index (Phi) is 12.8. The van der Waals surface area contributed by atoms with Crippen LogP contribution in [0.15, 0.2) is 79.0 Å². The number of hydrogen-bond donors (Lipinski definition) is 4. The molecule has 0 unspecified atom stereocenters. The summed E-state index contributed by atoms with van der Waals surface area (Å²) in [6.07, 6.45) is 2.23. The van der Waals surface area contributed by atoms with Crippen LogP contribution in [0.25, 0.3) is 10.9 Å². The van der Waals surface area contributed by atoms with Crippen LogP contribution in [0.1, 0.15) is 27.6 Å². The van der Waals surface area contributed by atoms with E-state index in [4.69, 9.17) is 16.3 Å². The predicted octanol–water partition coefficient (Wildman–Crippen LogP) is 4.44. The highest BCUT2D eigenvalue weighted by Gasteiger charge is 2.15. The SMILES string of the molecule is CS(=O)(=O)NC(=O)c1ccc2c(Oc3ccc(C[C@@H](CO)NC[C@H](O)c4cccc(Cl)c4)cc3)ccnc2c1.Cl.Cl. The van der Waals surface area contributed by atoms with Gasteiger partial charge in [0.05, 0.1) is 24.5 Å². The van der Waals surface area contributed by atoms with Crippen LogP contribution in [0.2, 0.25) is 5.02 Å². The summed E-state index contributed by atoms with van der Waals surface area (Å²) in [5, 5.41) is 24.6. The molecule has 1 amide bonds. The van der Waals surface area contributed by atoms with Gasteiger partial charge in [-0.15, -0.1) is 24.8 Å². The quantitative estimate of drug-likeness (QED) is 0.189. The zero-order valence-electron chi connectivity index (χ0n) is 21.9. The smallest absolute Gasteiger partial charge is 0.264 e. The lowest BCUT2D eigenvalue weighted by Crippen LogP contribution is -2.37. The number of nitrogens with zero attached hydrogens (tertiary/aromatic N) is 1. The molecular weight excluding hydrogens is 613 g/mol. The number of ether oxygens (including phenoxy) is 1. The van der Waals surface area contributed by atoms with Gasteiger partial charge in [-0.3, -0.25) is 9.78 Å². The lowest BCUT2D eigenvalue weighted by molar-refractivity contribution is 0.0981. The minimum Gasteiger partial charge on any atom is -0.457 e. The first-order valence-electron chi connectivity index (χ1n) is 12.1. The molecule has 0 fully saturated rings. The number of aromatic nitrogens is 1. The third-order valence-electron chi connectivity index (χ3n) is 5.93. The van der Waals surface area contributed by atoms with Crippen LogP contribution in [0.3, 0.4) is 0 Å². The van der Waals surface area contributed by atoms with E-state index in [9.17, 15) is 23.4 Å². The number of fused-ring (bicyclic) bond motifs is 1. The van der Waals surface area contributed by atoms with Gasteiger partial charge in [0, 0.05) is 34.8 Å². The summed E-state index contributed by atoms with van der Waals surface area (Å²) in [7, 11) is -3.69. The van der Waals surface area contributed by atoms with Gasteiger partial charge in [-0.1, -0.05) is 35.9 Å². The fourth-order valence-corrected chi connectivity index (χ4v) is 4.65. The maximum atomic E-state index is 12.2. The molecule has 0 bridgehead atoms. The second kappa shape index (κ2) is 15.3. The van der Waals surface area contributed by atoms with Crippen molar-refractivity contribution < 1.29 is 28.2 Å². The second-order valence-corrected chi connectivity index (χ2v) is 11.2. The van der Waals surface area contributed by atoms with Gasteiger partial charge in [-0.2, -0.15) is 0 Å². The molecule has 3 aromatic carbocycles. The van der Waals surface area contributed by atoms with Gasteiger partial charge < -0.3 is 20.3 Å². The maximum Gasteiger partial charge on any atom is 0.264 e. The Morgan fingerprint density at radius 3 is 2.44 bits per heavy atom. The summed E-state index contributed by atoms with van der Waals surface area (Å²) in [5.74, 6) is 0.362. The number of halogens is 3. The first kappa shape index (κ1) is 34.2. The highest BCUT2D eigenvalue weighted by Crippen LogP contribution is 2.29. The van der Waals surface area contributed by atoms with E-state index in [-0.39, 0.29) is 49.6 Å². The van der Waals surface area contributed by atoms with Gasteiger partial charge in [0.25, 0.3) is 5.91 Å². The van der Waals surface area contributed by atoms with Crippen LogP contribution >= 0.6 is 36.4 Å². The van der Waals surface area contributed by atoms with Crippen molar-refractivity contribution in [2.45, 2.75) is 18.6 Å². The first-order chi connectivity index (χ1) is 18.6. The van der Waals surface area contributed by atoms with Crippen molar-refractivity contribution in [3.8, 4) is 11.5 Å². The topological polar surface area (TPSA) is 138 Å². The van der Waals surface area contributed by atoms with Crippen molar-refractivity contribution in [2.24, 2.45) is 0 Å². The van der Waals surface area contributed by atoms with Crippen LogP contribution < -0.4 is 14.8 Å². The number of carbonyl (C=O) groups excluding carboxylic acids is 1. The molecule has 0 saturated carbocycles. The fraction of sp³-hybridized carbons (Fsp3) is 0.214. The van der Waals surface area contributed by atoms with E-state index in [2.05, 4.69) is 10.3 Å². The molecule has 4 N–H and O–H groups in total. The third-order valence-corrected chi connectivity index (χ3v) is 6.72. The van der Waals surface area contributed by atoms with Crippen molar-refractivity contribution >= 4 is 63.2 Å². The number of hydrogen-bond acceptors (Lipinski definition) is 8. The Labute approximate surface area is 255 Å². The number of nitrogens with one attached hydrogen (secondary N) is 2. The van der Waals surface area contributed by atoms with E-state index in [0.717, 1.165) is 11.8 Å². The minimum atomic E-state index is -3.69. The Balaban J connectivity index is 0.00000294. The molecule has 4 rings (SSSR count). The Morgan fingerprint density at radius 2 is 1.78 bits per heavy atom. The number of benzene rings is 3. The lowest BCUT2D eigenvalue weighted by Gasteiger charge is -2.19. The molecule has 41 heavy (non-hydrogen) atoms. The van der Waals surface area contributed by atoms with E-state index in [0.29, 0.717) is 39.4 Å². The normalized spacial score (nSPS) is 12.5. The summed E-state index contributed by atoms with van der Waals surface area (Å²) in [6, 6.07) is 20.5. The fourth-order valence-electron chi connectivity index (χ4n) is 4.00. The molecule has 13 heteroatoms. The molecule has 1 aromatic heterocycles. The third kappa shape index (κ3) is 9.82. The molecule has 0 radical (unpaired) electrons. The number of amides is 1. The van der Waals surface area contributed by atoms with Crippen LogP contribution in [-0.4, -0.2) is 55.0 Å². The van der Waals surface area contributed by atoms with Gasteiger partial charge in [-0.25, -0.2) is 13.1 Å². The van der Waals surface area contributed by atoms with Gasteiger partial charge in [0.1, 0.15) is 11.5 Å². The highest BCUT2D eigenvalue weighted by atomic mass is 35.5. The average Bonchev–Trinajstić information content (AvgIpc) is 2.90. The number of carbonyl (C=O) groups is 1. The number of aliphatic hydroxyl groups excluding tert-OH is 2. The Hall–Kier alpha value is -2.96. The maximum absolute atomic E-state index is 12.2.